The van der Waals surface area contributed by atoms with Crippen molar-refractivity contribution in [2.45, 2.75) is 51.9 Å². The highest BCUT2D eigenvalue weighted by Gasteiger charge is 2.09. The minimum atomic E-state index is -0.124. The van der Waals surface area contributed by atoms with Gasteiger partial charge >= 0.3 is 0 Å². The highest BCUT2D eigenvalue weighted by atomic mass is 35.5. The Balaban J connectivity index is 1.40. The van der Waals surface area contributed by atoms with Gasteiger partial charge in [-0.05, 0) is 77.2 Å². The van der Waals surface area contributed by atoms with Crippen LogP contribution in [0.3, 0.4) is 0 Å². The molecule has 0 aromatic heterocycles. The molecule has 0 spiro atoms. The molecule has 0 atom stereocenters. The number of benzene rings is 4. The molecule has 4 aromatic carbocycles. The zero-order valence-corrected chi connectivity index (χ0v) is 20.6. The largest absolute Gasteiger partial charge is 0.494 e. The van der Waals surface area contributed by atoms with Gasteiger partial charge in [-0.15, -0.1) is 0 Å². The summed E-state index contributed by atoms with van der Waals surface area (Å²) >= 11 is 5.96. The predicted molar refractivity (Wildman–Crippen MR) is 142 cm³/mol. The van der Waals surface area contributed by atoms with E-state index in [2.05, 4.69) is 25.1 Å². The third kappa shape index (κ3) is 6.39. The van der Waals surface area contributed by atoms with Crippen LogP contribution in [0.25, 0.3) is 21.9 Å². The summed E-state index contributed by atoms with van der Waals surface area (Å²) in [5.41, 5.74) is 4.07. The van der Waals surface area contributed by atoms with Crippen LogP contribution in [0.15, 0.2) is 78.9 Å². The Kier molecular flexibility index (Phi) is 8.60. The lowest BCUT2D eigenvalue weighted by molar-refractivity contribution is 0.304. The van der Waals surface area contributed by atoms with Crippen LogP contribution in [0.1, 0.15) is 50.2 Å². The number of halogens is 2. The van der Waals surface area contributed by atoms with E-state index in [1.165, 1.54) is 25.7 Å². The van der Waals surface area contributed by atoms with Gasteiger partial charge in [-0.25, -0.2) is 4.39 Å². The molecular weight excluding hydrogens is 443 g/mol. The van der Waals surface area contributed by atoms with Crippen LogP contribution >= 0.6 is 11.6 Å². The maximum Gasteiger partial charge on any atom is 0.134 e. The van der Waals surface area contributed by atoms with Crippen molar-refractivity contribution in [1.82, 2.24) is 0 Å². The van der Waals surface area contributed by atoms with Gasteiger partial charge in [0.15, 0.2) is 0 Å². The van der Waals surface area contributed by atoms with Crippen LogP contribution in [0.4, 0.5) is 4.39 Å². The third-order valence-electron chi connectivity index (χ3n) is 6.33. The van der Waals surface area contributed by atoms with Crippen LogP contribution in [-0.4, -0.2) is 6.61 Å². The average Bonchev–Trinajstić information content (AvgIpc) is 2.87. The first-order valence-corrected chi connectivity index (χ1v) is 12.7. The highest BCUT2D eigenvalue weighted by Crippen LogP contribution is 2.29. The zero-order valence-electron chi connectivity index (χ0n) is 19.8. The van der Waals surface area contributed by atoms with Crippen molar-refractivity contribution in [2.75, 3.05) is 6.61 Å². The fourth-order valence-corrected chi connectivity index (χ4v) is 4.40. The SMILES string of the molecule is CCCCCCCOc1ccc(-c2ccc3c(F)c(CCc4ccc(Cl)cc4)ccc3c2)cc1. The van der Waals surface area contributed by atoms with Crippen molar-refractivity contribution in [3.63, 3.8) is 0 Å². The zero-order chi connectivity index (χ0) is 23.8. The summed E-state index contributed by atoms with van der Waals surface area (Å²) in [6, 6.07) is 25.8. The van der Waals surface area contributed by atoms with Crippen molar-refractivity contribution >= 4 is 22.4 Å². The molecule has 0 heterocycles. The lowest BCUT2D eigenvalue weighted by Crippen LogP contribution is -1.97. The number of hydrogen-bond acceptors (Lipinski definition) is 1. The summed E-state index contributed by atoms with van der Waals surface area (Å²) in [6.45, 7) is 2.99. The van der Waals surface area contributed by atoms with Gasteiger partial charge in [-0.1, -0.05) is 92.7 Å². The van der Waals surface area contributed by atoms with Crippen molar-refractivity contribution in [3.8, 4) is 16.9 Å². The molecule has 0 bridgehead atoms. The first-order valence-electron chi connectivity index (χ1n) is 12.3. The lowest BCUT2D eigenvalue weighted by atomic mass is 9.97. The molecule has 34 heavy (non-hydrogen) atoms. The number of aryl methyl sites for hydroxylation is 2. The first-order chi connectivity index (χ1) is 16.6. The van der Waals surface area contributed by atoms with Crippen molar-refractivity contribution in [2.24, 2.45) is 0 Å². The van der Waals surface area contributed by atoms with Gasteiger partial charge in [0.25, 0.3) is 0 Å². The Hall–Kier alpha value is -2.84. The summed E-state index contributed by atoms with van der Waals surface area (Å²) in [7, 11) is 0. The van der Waals surface area contributed by atoms with E-state index < -0.39 is 0 Å². The Morgan fingerprint density at radius 2 is 1.47 bits per heavy atom. The van der Waals surface area contributed by atoms with Crippen LogP contribution in [0.5, 0.6) is 5.75 Å². The molecule has 4 aromatic rings. The Labute approximate surface area is 207 Å². The number of fused-ring (bicyclic) bond motifs is 1. The second kappa shape index (κ2) is 12.0. The van der Waals surface area contributed by atoms with Gasteiger partial charge in [-0.2, -0.15) is 0 Å². The average molecular weight is 475 g/mol. The van der Waals surface area contributed by atoms with E-state index in [0.717, 1.165) is 57.9 Å². The van der Waals surface area contributed by atoms with Crippen LogP contribution in [0.2, 0.25) is 5.02 Å². The second-order valence-corrected chi connectivity index (χ2v) is 9.32. The summed E-state index contributed by atoms with van der Waals surface area (Å²) < 4.78 is 21.1. The number of unbranched alkanes of at least 4 members (excludes halogenated alkanes) is 4. The molecule has 0 saturated carbocycles. The van der Waals surface area contributed by atoms with E-state index in [1.54, 1.807) is 0 Å². The molecule has 0 aliphatic rings. The summed E-state index contributed by atoms with van der Waals surface area (Å²) in [5, 5.41) is 2.30. The van der Waals surface area contributed by atoms with E-state index in [9.17, 15) is 0 Å². The van der Waals surface area contributed by atoms with E-state index >= 15 is 4.39 Å². The summed E-state index contributed by atoms with van der Waals surface area (Å²) in [6.07, 6.45) is 7.60. The van der Waals surface area contributed by atoms with Gasteiger partial charge in [0, 0.05) is 10.4 Å². The van der Waals surface area contributed by atoms with Gasteiger partial charge in [0.05, 0.1) is 6.61 Å². The molecule has 0 N–H and O–H groups in total. The number of hydrogen-bond donors (Lipinski definition) is 0. The van der Waals surface area contributed by atoms with Crippen molar-refractivity contribution < 1.29 is 9.13 Å². The summed E-state index contributed by atoms with van der Waals surface area (Å²) in [4.78, 5) is 0. The molecule has 0 amide bonds. The maximum absolute atomic E-state index is 15.2. The molecule has 0 saturated heterocycles. The molecule has 0 aliphatic heterocycles. The first kappa shape index (κ1) is 24.3. The van der Waals surface area contributed by atoms with Gasteiger partial charge in [0.1, 0.15) is 11.6 Å². The molecule has 0 aliphatic carbocycles. The lowest BCUT2D eigenvalue weighted by Gasteiger charge is -2.10. The molecule has 176 valence electrons. The van der Waals surface area contributed by atoms with Crippen molar-refractivity contribution in [3.05, 3.63) is 101 Å². The fraction of sp³-hybridized carbons (Fsp3) is 0.290. The van der Waals surface area contributed by atoms with E-state index in [1.807, 2.05) is 60.7 Å². The smallest absolute Gasteiger partial charge is 0.134 e. The third-order valence-corrected chi connectivity index (χ3v) is 6.59. The molecule has 1 nitrogen and oxygen atoms in total. The maximum atomic E-state index is 15.2. The van der Waals surface area contributed by atoms with Gasteiger partial charge in [0.2, 0.25) is 0 Å². The normalized spacial score (nSPS) is 11.1. The standard InChI is InChI=1S/C31H32ClFO/c1-2-3-4-5-6-21-34-29-18-13-24(14-19-29)26-15-20-30-27(22-26)12-11-25(31(30)33)10-7-23-8-16-28(32)17-9-23/h8-9,11-20,22H,2-7,10,21H2,1H3. The van der Waals surface area contributed by atoms with Crippen LogP contribution in [0, 0.1) is 5.82 Å². The van der Waals surface area contributed by atoms with Gasteiger partial charge < -0.3 is 4.74 Å². The minimum Gasteiger partial charge on any atom is -0.494 e. The fourth-order valence-electron chi connectivity index (χ4n) is 4.28. The highest BCUT2D eigenvalue weighted by molar-refractivity contribution is 6.30. The van der Waals surface area contributed by atoms with Crippen LogP contribution in [-0.2, 0) is 12.8 Å². The molecule has 0 unspecified atom stereocenters. The second-order valence-electron chi connectivity index (χ2n) is 8.89. The Morgan fingerprint density at radius 1 is 0.735 bits per heavy atom. The van der Waals surface area contributed by atoms with E-state index in [-0.39, 0.29) is 5.82 Å². The molecule has 0 fully saturated rings. The Morgan fingerprint density at radius 3 is 2.24 bits per heavy atom. The molecule has 4 rings (SSSR count). The molecular formula is C31H32ClFO. The molecule has 0 radical (unpaired) electrons. The predicted octanol–water partition coefficient (Wildman–Crippen LogP) is 9.43. The van der Waals surface area contributed by atoms with Crippen LogP contribution < -0.4 is 4.74 Å². The molecule has 3 heteroatoms. The Bertz CT molecular complexity index is 1200. The number of rotatable bonds is 11. The van der Waals surface area contributed by atoms with Crippen molar-refractivity contribution in [1.29, 1.82) is 0 Å². The quantitative estimate of drug-likeness (QED) is 0.197. The minimum absolute atomic E-state index is 0.124. The van der Waals surface area contributed by atoms with E-state index in [4.69, 9.17) is 16.3 Å². The van der Waals surface area contributed by atoms with Gasteiger partial charge in [-0.3, -0.25) is 0 Å². The topological polar surface area (TPSA) is 9.23 Å². The summed E-state index contributed by atoms with van der Waals surface area (Å²) in [5.74, 6) is 0.775. The number of ether oxygens (including phenoxy) is 1. The monoisotopic (exact) mass is 474 g/mol. The van der Waals surface area contributed by atoms with E-state index in [0.29, 0.717) is 11.8 Å².